The Kier molecular flexibility index (Phi) is 3.49. The van der Waals surface area contributed by atoms with Gasteiger partial charge < -0.3 is 10.3 Å². The molecule has 98 valence electrons. The predicted octanol–water partition coefficient (Wildman–Crippen LogP) is 3.49. The maximum absolute atomic E-state index is 10.3. The van der Waals surface area contributed by atoms with E-state index in [1.54, 1.807) is 18.2 Å². The van der Waals surface area contributed by atoms with Crippen LogP contribution >= 0.6 is 15.9 Å². The molecule has 0 spiro atoms. The van der Waals surface area contributed by atoms with Crippen LogP contribution in [0.4, 0.5) is 0 Å². The van der Waals surface area contributed by atoms with E-state index in [4.69, 9.17) is 0 Å². The molecule has 0 radical (unpaired) electrons. The maximum Gasteiger partial charge on any atom is 0.154 e. The first-order valence-corrected chi connectivity index (χ1v) is 6.71. The Bertz CT molecular complexity index is 500. The lowest BCUT2D eigenvalue weighted by Crippen LogP contribution is -2.43. The third-order valence-corrected chi connectivity index (χ3v) is 3.88. The number of phenolic OH excluding ortho intramolecular Hbond substituents is 1. The number of halogens is 1. The molecule has 2 rings (SSSR count). The molecule has 0 amide bonds. The normalized spacial score (nSPS) is 23.2. The smallest absolute Gasteiger partial charge is 0.154 e. The molecule has 5 heteroatoms. The second-order valence-electron chi connectivity index (χ2n) is 4.91. The van der Waals surface area contributed by atoms with Crippen molar-refractivity contribution < 1.29 is 10.3 Å². The first kappa shape index (κ1) is 13.5. The van der Waals surface area contributed by atoms with E-state index in [9.17, 15) is 10.3 Å². The Morgan fingerprint density at radius 3 is 2.67 bits per heavy atom. The molecule has 2 N–H and O–H groups in total. The number of hydroxylamine groups is 2. The van der Waals surface area contributed by atoms with Crippen molar-refractivity contribution >= 4 is 21.6 Å². The van der Waals surface area contributed by atoms with Gasteiger partial charge in [0.15, 0.2) is 6.17 Å². The van der Waals surface area contributed by atoms with Gasteiger partial charge in [0.2, 0.25) is 0 Å². The molecule has 1 heterocycles. The summed E-state index contributed by atoms with van der Waals surface area (Å²) in [6, 6.07) is 5.13. The van der Waals surface area contributed by atoms with Gasteiger partial charge in [0.05, 0.1) is 5.54 Å². The SMILES string of the molecule is CCC1=N[C@H](c2cc(Br)ccc2O)N(O)C1(C)C. The first-order valence-electron chi connectivity index (χ1n) is 5.91. The van der Waals surface area contributed by atoms with Gasteiger partial charge in [-0.25, -0.2) is 0 Å². The van der Waals surface area contributed by atoms with E-state index in [1.165, 1.54) is 5.06 Å². The van der Waals surface area contributed by atoms with E-state index < -0.39 is 11.7 Å². The minimum Gasteiger partial charge on any atom is -0.508 e. The zero-order chi connectivity index (χ0) is 13.5. The predicted molar refractivity (Wildman–Crippen MR) is 74.0 cm³/mol. The molecule has 0 bridgehead atoms. The fourth-order valence-electron chi connectivity index (χ4n) is 2.26. The Balaban J connectivity index is 2.46. The second kappa shape index (κ2) is 4.64. The van der Waals surface area contributed by atoms with Crippen molar-refractivity contribution in [1.82, 2.24) is 5.06 Å². The van der Waals surface area contributed by atoms with E-state index in [2.05, 4.69) is 20.9 Å². The van der Waals surface area contributed by atoms with Crippen molar-refractivity contribution in [2.24, 2.45) is 4.99 Å². The minimum absolute atomic E-state index is 0.138. The molecule has 4 nitrogen and oxygen atoms in total. The van der Waals surface area contributed by atoms with Crippen LogP contribution in [0.5, 0.6) is 5.75 Å². The number of benzene rings is 1. The van der Waals surface area contributed by atoms with Gasteiger partial charge in [0.1, 0.15) is 5.75 Å². The minimum atomic E-state index is -0.549. The van der Waals surface area contributed by atoms with Crippen molar-refractivity contribution in [2.75, 3.05) is 0 Å². The zero-order valence-corrected chi connectivity index (χ0v) is 12.3. The summed E-state index contributed by atoms with van der Waals surface area (Å²) in [5.41, 5.74) is 1.02. The summed E-state index contributed by atoms with van der Waals surface area (Å²) >= 11 is 3.36. The van der Waals surface area contributed by atoms with Crippen LogP contribution in [0.3, 0.4) is 0 Å². The lowest BCUT2D eigenvalue weighted by Gasteiger charge is -2.30. The number of hydrogen-bond acceptors (Lipinski definition) is 4. The Morgan fingerprint density at radius 2 is 2.11 bits per heavy atom. The Labute approximate surface area is 115 Å². The third kappa shape index (κ3) is 2.06. The number of phenols is 1. The first-order chi connectivity index (χ1) is 8.37. The average Bonchev–Trinajstić information content (AvgIpc) is 2.54. The molecule has 1 aromatic rings. The van der Waals surface area contributed by atoms with E-state index in [0.29, 0.717) is 5.56 Å². The molecule has 1 aliphatic rings. The summed E-state index contributed by atoms with van der Waals surface area (Å²) in [5, 5.41) is 21.4. The molecule has 1 aromatic carbocycles. The summed E-state index contributed by atoms with van der Waals surface area (Å²) in [6.07, 6.45) is 0.224. The van der Waals surface area contributed by atoms with Gasteiger partial charge in [-0.1, -0.05) is 22.9 Å². The molecule has 0 aromatic heterocycles. The Hall–Kier alpha value is -0.910. The second-order valence-corrected chi connectivity index (χ2v) is 5.83. The van der Waals surface area contributed by atoms with Crippen LogP contribution in [0.25, 0.3) is 0 Å². The van der Waals surface area contributed by atoms with Crippen LogP contribution in [-0.4, -0.2) is 26.6 Å². The summed E-state index contributed by atoms with van der Waals surface area (Å²) in [6.45, 7) is 5.85. The molecule has 0 unspecified atom stereocenters. The van der Waals surface area contributed by atoms with E-state index >= 15 is 0 Å². The van der Waals surface area contributed by atoms with Gasteiger partial charge in [-0.05, 0) is 38.5 Å². The van der Waals surface area contributed by atoms with Gasteiger partial charge in [0, 0.05) is 15.7 Å². The molecule has 0 saturated heterocycles. The third-order valence-electron chi connectivity index (χ3n) is 3.39. The van der Waals surface area contributed by atoms with Gasteiger partial charge in [0.25, 0.3) is 0 Å². The largest absolute Gasteiger partial charge is 0.508 e. The van der Waals surface area contributed by atoms with Gasteiger partial charge in [-0.3, -0.25) is 4.99 Å². The van der Waals surface area contributed by atoms with Crippen LogP contribution in [-0.2, 0) is 0 Å². The van der Waals surface area contributed by atoms with Crippen LogP contribution in [0.2, 0.25) is 0 Å². The van der Waals surface area contributed by atoms with Crippen LogP contribution < -0.4 is 0 Å². The molecule has 0 aliphatic carbocycles. The highest BCUT2D eigenvalue weighted by Crippen LogP contribution is 2.40. The highest BCUT2D eigenvalue weighted by molar-refractivity contribution is 9.10. The molecular formula is C13H17BrN2O2. The van der Waals surface area contributed by atoms with Crippen LogP contribution in [0.1, 0.15) is 38.9 Å². The molecule has 1 aliphatic heterocycles. The van der Waals surface area contributed by atoms with Gasteiger partial charge >= 0.3 is 0 Å². The van der Waals surface area contributed by atoms with Crippen molar-refractivity contribution in [1.29, 1.82) is 0 Å². The molecule has 1 atom stereocenters. The van der Waals surface area contributed by atoms with Crippen molar-refractivity contribution in [3.8, 4) is 5.75 Å². The number of aliphatic imine (C=N–C) groups is 1. The van der Waals surface area contributed by atoms with Gasteiger partial charge in [-0.15, -0.1) is 0 Å². The van der Waals surface area contributed by atoms with Crippen molar-refractivity contribution in [3.63, 3.8) is 0 Å². The Morgan fingerprint density at radius 1 is 1.44 bits per heavy atom. The highest BCUT2D eigenvalue weighted by atomic mass is 79.9. The standard InChI is InChI=1S/C13H17BrN2O2/c1-4-11-13(2,3)16(18)12(15-11)9-7-8(14)5-6-10(9)17/h5-7,12,17-18H,4H2,1-3H3/t12-/m0/s1. The van der Waals surface area contributed by atoms with E-state index in [0.717, 1.165) is 16.6 Å². The van der Waals surface area contributed by atoms with Crippen LogP contribution in [0.15, 0.2) is 27.7 Å². The molecule has 18 heavy (non-hydrogen) atoms. The molecule has 0 saturated carbocycles. The summed E-state index contributed by atoms with van der Waals surface area (Å²) < 4.78 is 0.849. The summed E-state index contributed by atoms with van der Waals surface area (Å²) in [7, 11) is 0. The lowest BCUT2D eigenvalue weighted by molar-refractivity contribution is -0.160. The summed E-state index contributed by atoms with van der Waals surface area (Å²) in [4.78, 5) is 4.52. The highest BCUT2D eigenvalue weighted by Gasteiger charge is 2.42. The fourth-order valence-corrected chi connectivity index (χ4v) is 2.63. The van der Waals surface area contributed by atoms with Crippen molar-refractivity contribution in [2.45, 2.75) is 38.9 Å². The number of rotatable bonds is 2. The zero-order valence-electron chi connectivity index (χ0n) is 10.7. The van der Waals surface area contributed by atoms with Crippen molar-refractivity contribution in [3.05, 3.63) is 28.2 Å². The molecule has 0 fully saturated rings. The van der Waals surface area contributed by atoms with Crippen LogP contribution in [0, 0.1) is 0 Å². The molecular weight excluding hydrogens is 296 g/mol. The van der Waals surface area contributed by atoms with E-state index in [1.807, 2.05) is 20.8 Å². The number of aromatic hydroxyl groups is 1. The fraction of sp³-hybridized carbons (Fsp3) is 0.462. The van der Waals surface area contributed by atoms with Gasteiger partial charge in [-0.2, -0.15) is 5.06 Å². The lowest BCUT2D eigenvalue weighted by atomic mass is 9.97. The quantitative estimate of drug-likeness (QED) is 0.879. The number of hydrogen-bond donors (Lipinski definition) is 2. The number of nitrogens with zero attached hydrogens (tertiary/aromatic N) is 2. The average molecular weight is 313 g/mol. The topological polar surface area (TPSA) is 56.1 Å². The van der Waals surface area contributed by atoms with E-state index in [-0.39, 0.29) is 5.75 Å². The maximum atomic E-state index is 10.3. The summed E-state index contributed by atoms with van der Waals surface area (Å²) in [5.74, 6) is 0.138. The monoisotopic (exact) mass is 312 g/mol.